The maximum Gasteiger partial charge on any atom is 0.488 e. The molecule has 4 aromatic rings. The van der Waals surface area contributed by atoms with Crippen LogP contribution in [0.15, 0.2) is 36.4 Å². The Morgan fingerprint density at radius 1 is 0.622 bits per heavy atom. The second-order valence-corrected chi connectivity index (χ2v) is 11.3. The summed E-state index contributed by atoms with van der Waals surface area (Å²) in [4.78, 5) is 0.145. The normalized spacial score (nSPS) is 18.3. The van der Waals surface area contributed by atoms with Crippen molar-refractivity contribution in [1.82, 2.24) is 0 Å². The molecule has 4 nitrogen and oxygen atoms in total. The Kier molecular flexibility index (Phi) is 5.91. The molecule has 37 heavy (non-hydrogen) atoms. The number of alkyl halides is 6. The number of hydrogen-bond acceptors (Lipinski definition) is 6. The third-order valence-electron chi connectivity index (χ3n) is 6.54. The van der Waals surface area contributed by atoms with Crippen molar-refractivity contribution in [3.63, 3.8) is 0 Å². The smallest absolute Gasteiger partial charge is 0.423 e. The number of benzene rings is 2. The molecule has 0 saturated heterocycles. The van der Waals surface area contributed by atoms with E-state index in [0.717, 1.165) is 22.7 Å². The minimum Gasteiger partial charge on any atom is -0.423 e. The van der Waals surface area contributed by atoms with E-state index < -0.39 is 54.3 Å². The number of fused-ring (bicyclic) bond motifs is 2. The minimum absolute atomic E-state index is 0.00421. The molecule has 0 aliphatic heterocycles. The molecule has 1 aliphatic rings. The maximum atomic E-state index is 15.5. The third-order valence-corrected chi connectivity index (χ3v) is 8.68. The summed E-state index contributed by atoms with van der Waals surface area (Å²) < 4.78 is 92.2. The van der Waals surface area contributed by atoms with Crippen LogP contribution in [-0.4, -0.2) is 52.1 Å². The molecule has 0 spiro atoms. The topological polar surface area (TPSA) is 80.9 Å². The Morgan fingerprint density at radius 3 is 1.30 bits per heavy atom. The Balaban J connectivity index is 1.91. The molecule has 0 unspecified atom stereocenters. The molecule has 192 valence electrons. The number of aryl methyl sites for hydroxylation is 2. The van der Waals surface area contributed by atoms with Gasteiger partial charge in [0.05, 0.1) is 0 Å². The molecule has 1 aliphatic carbocycles. The first-order valence-corrected chi connectivity index (χ1v) is 12.4. The predicted octanol–water partition coefficient (Wildman–Crippen LogP) is 3.92. The molecule has 0 fully saturated rings. The lowest BCUT2D eigenvalue weighted by molar-refractivity contribution is -0.254. The third kappa shape index (κ3) is 3.53. The number of allylic oxidation sites excluding steroid dienone is 2. The van der Waals surface area contributed by atoms with Gasteiger partial charge in [-0.3, -0.25) is 0 Å². The monoisotopic (exact) mass is 556 g/mol. The summed E-state index contributed by atoms with van der Waals surface area (Å²) in [6, 6.07) is 7.37. The number of rotatable bonds is 4. The Hall–Kier alpha value is -2.35. The highest BCUT2D eigenvalue weighted by Crippen LogP contribution is 2.66. The summed E-state index contributed by atoms with van der Waals surface area (Å²) in [7, 11) is -3.76. The van der Waals surface area contributed by atoms with Gasteiger partial charge in [0.2, 0.25) is 0 Å². The van der Waals surface area contributed by atoms with Crippen LogP contribution in [0.2, 0.25) is 0 Å². The van der Waals surface area contributed by atoms with Gasteiger partial charge in [0.1, 0.15) is 0 Å². The molecule has 0 saturated carbocycles. The van der Waals surface area contributed by atoms with E-state index in [4.69, 9.17) is 0 Å². The van der Waals surface area contributed by atoms with Gasteiger partial charge in [-0.25, -0.2) is 0 Å². The van der Waals surface area contributed by atoms with Gasteiger partial charge in [-0.2, -0.15) is 26.3 Å². The first kappa shape index (κ1) is 26.3. The lowest BCUT2D eigenvalue weighted by Gasteiger charge is -2.26. The van der Waals surface area contributed by atoms with Crippen LogP contribution in [0.4, 0.5) is 26.3 Å². The summed E-state index contributed by atoms with van der Waals surface area (Å²) in [6.07, 6.45) is 0. The van der Waals surface area contributed by atoms with Crippen molar-refractivity contribution in [2.45, 2.75) is 31.6 Å². The molecule has 0 bridgehead atoms. The summed E-state index contributed by atoms with van der Waals surface area (Å²) in [5, 5.41) is 37.8. The van der Waals surface area contributed by atoms with Gasteiger partial charge in [0.15, 0.2) is 0 Å². The van der Waals surface area contributed by atoms with Gasteiger partial charge in [0.25, 0.3) is 0 Å². The van der Waals surface area contributed by atoms with Crippen LogP contribution in [0.25, 0.3) is 31.3 Å². The highest BCUT2D eigenvalue weighted by atomic mass is 32.1. The molecule has 0 radical (unpaired) electrons. The van der Waals surface area contributed by atoms with Crippen molar-refractivity contribution in [2.75, 3.05) is 0 Å². The fourth-order valence-corrected chi connectivity index (χ4v) is 7.04. The Bertz CT molecular complexity index is 1490. The van der Waals surface area contributed by atoms with E-state index in [-0.39, 0.29) is 40.9 Å². The van der Waals surface area contributed by atoms with Crippen LogP contribution in [0, 0.1) is 13.8 Å². The van der Waals surface area contributed by atoms with E-state index in [2.05, 4.69) is 0 Å². The van der Waals surface area contributed by atoms with E-state index in [1.807, 2.05) is 0 Å². The van der Waals surface area contributed by atoms with Crippen LogP contribution >= 0.6 is 22.7 Å². The van der Waals surface area contributed by atoms with Crippen molar-refractivity contribution in [2.24, 2.45) is 0 Å². The van der Waals surface area contributed by atoms with Gasteiger partial charge < -0.3 is 20.1 Å². The van der Waals surface area contributed by atoms with Crippen molar-refractivity contribution >= 4 is 79.2 Å². The number of halogens is 6. The van der Waals surface area contributed by atoms with Gasteiger partial charge >= 0.3 is 32.0 Å². The molecule has 2 heterocycles. The van der Waals surface area contributed by atoms with E-state index in [1.54, 1.807) is 0 Å². The fourth-order valence-electron chi connectivity index (χ4n) is 4.80. The summed E-state index contributed by atoms with van der Waals surface area (Å²) in [6.45, 7) is 2.69. The molecular formula is C23H16B2F6O4S2. The molecule has 0 atom stereocenters. The Morgan fingerprint density at radius 2 is 0.973 bits per heavy atom. The number of thiophene rings is 2. The fraction of sp³-hybridized carbons (Fsp3) is 0.217. The second-order valence-electron chi connectivity index (χ2n) is 8.80. The summed E-state index contributed by atoms with van der Waals surface area (Å²) in [5.41, 5.74) is -3.86. The van der Waals surface area contributed by atoms with Gasteiger partial charge in [-0.15, -0.1) is 22.7 Å². The van der Waals surface area contributed by atoms with Gasteiger partial charge in [0, 0.05) is 52.2 Å². The summed E-state index contributed by atoms with van der Waals surface area (Å²) >= 11 is 1.76. The Labute approximate surface area is 214 Å². The summed E-state index contributed by atoms with van der Waals surface area (Å²) in [5.74, 6) is -16.2. The first-order valence-electron chi connectivity index (χ1n) is 10.8. The van der Waals surface area contributed by atoms with E-state index >= 15 is 17.6 Å². The maximum absolute atomic E-state index is 15.5. The van der Waals surface area contributed by atoms with E-state index in [1.165, 1.54) is 50.2 Å². The zero-order valence-corrected chi connectivity index (χ0v) is 20.6. The highest BCUT2D eigenvalue weighted by molar-refractivity contribution is 7.20. The SMILES string of the molecule is Cc1sc2cc(B(O)O)ccc2c1C1=C(c2c(C)sc3cc(B(O)O)ccc23)C(F)(F)C(F)(F)C1(F)F. The van der Waals surface area contributed by atoms with Crippen molar-refractivity contribution < 1.29 is 46.4 Å². The van der Waals surface area contributed by atoms with Gasteiger partial charge in [-0.1, -0.05) is 24.3 Å². The quantitative estimate of drug-likeness (QED) is 0.227. The molecule has 0 amide bonds. The lowest BCUT2D eigenvalue weighted by atomic mass is 9.79. The highest BCUT2D eigenvalue weighted by Gasteiger charge is 2.80. The molecule has 14 heteroatoms. The molecule has 2 aromatic heterocycles. The molecule has 2 aromatic carbocycles. The molecule has 5 rings (SSSR count). The van der Waals surface area contributed by atoms with Gasteiger partial charge in [-0.05, 0) is 36.9 Å². The van der Waals surface area contributed by atoms with E-state index in [0.29, 0.717) is 0 Å². The zero-order valence-electron chi connectivity index (χ0n) is 19.0. The van der Waals surface area contributed by atoms with Crippen molar-refractivity contribution in [1.29, 1.82) is 0 Å². The minimum atomic E-state index is -5.74. The van der Waals surface area contributed by atoms with Crippen LogP contribution < -0.4 is 10.9 Å². The average Bonchev–Trinajstić information content (AvgIpc) is 3.33. The van der Waals surface area contributed by atoms with Crippen LogP contribution in [0.3, 0.4) is 0 Å². The van der Waals surface area contributed by atoms with Crippen molar-refractivity contribution in [3.8, 4) is 0 Å². The number of hydrogen-bond donors (Lipinski definition) is 4. The predicted molar refractivity (Wildman–Crippen MR) is 134 cm³/mol. The van der Waals surface area contributed by atoms with E-state index in [9.17, 15) is 28.9 Å². The van der Waals surface area contributed by atoms with Crippen LogP contribution in [-0.2, 0) is 0 Å². The van der Waals surface area contributed by atoms with Crippen LogP contribution in [0.5, 0.6) is 0 Å². The lowest BCUT2D eigenvalue weighted by Crippen LogP contribution is -2.49. The average molecular weight is 556 g/mol. The molecule has 4 N–H and O–H groups in total. The largest absolute Gasteiger partial charge is 0.488 e. The molecular weight excluding hydrogens is 540 g/mol. The second kappa shape index (κ2) is 8.32. The first-order chi connectivity index (χ1) is 17.1. The van der Waals surface area contributed by atoms with Crippen molar-refractivity contribution in [3.05, 3.63) is 57.3 Å². The standard InChI is InChI=1S/C23H16B2F6O4S2/c1-9-17(13-5-3-11(24(32)33)7-15(13)36-9)19-20(22(28,29)23(30,31)21(19,26)27)18-10(2)37-16-8-12(25(34)35)4-6-14(16)18/h3-8,32-35H,1-2H3. The zero-order chi connectivity index (χ0) is 27.2. The van der Waals surface area contributed by atoms with Crippen LogP contribution in [0.1, 0.15) is 20.9 Å².